The van der Waals surface area contributed by atoms with Gasteiger partial charge in [0.05, 0.1) is 5.69 Å². The first-order chi connectivity index (χ1) is 12.5. The lowest BCUT2D eigenvalue weighted by atomic mass is 10.1. The van der Waals surface area contributed by atoms with Crippen molar-refractivity contribution in [2.75, 3.05) is 11.4 Å². The molecule has 2 aromatic carbocycles. The third kappa shape index (κ3) is 2.98. The fraction of sp³-hybridized carbons (Fsp3) is 0.250. The van der Waals surface area contributed by atoms with Crippen LogP contribution in [0.1, 0.15) is 29.3 Å². The second kappa shape index (κ2) is 6.37. The molecule has 0 bridgehead atoms. The topological polar surface area (TPSA) is 59.2 Å². The van der Waals surface area contributed by atoms with E-state index in [-0.39, 0.29) is 18.2 Å². The minimum Gasteiger partial charge on any atom is -0.334 e. The van der Waals surface area contributed by atoms with Crippen LogP contribution in [0.4, 0.5) is 10.1 Å². The van der Waals surface area contributed by atoms with E-state index < -0.39 is 5.82 Å². The van der Waals surface area contributed by atoms with Gasteiger partial charge >= 0.3 is 0 Å². The van der Waals surface area contributed by atoms with Gasteiger partial charge in [-0.1, -0.05) is 28.9 Å². The minimum atomic E-state index is -0.396. The van der Waals surface area contributed by atoms with Gasteiger partial charge in [0.1, 0.15) is 5.82 Å². The number of hydrogen-bond acceptors (Lipinski definition) is 4. The van der Waals surface area contributed by atoms with E-state index in [0.717, 1.165) is 16.7 Å². The van der Waals surface area contributed by atoms with Crippen molar-refractivity contribution in [1.29, 1.82) is 0 Å². The molecule has 1 aliphatic heterocycles. The maximum atomic E-state index is 14.2. The molecule has 5 nitrogen and oxygen atoms in total. The third-order valence-electron chi connectivity index (χ3n) is 4.62. The highest BCUT2D eigenvalue weighted by atomic mass is 19.1. The van der Waals surface area contributed by atoms with Crippen LogP contribution in [-0.2, 0) is 4.79 Å². The summed E-state index contributed by atoms with van der Waals surface area (Å²) >= 11 is 0. The quantitative estimate of drug-likeness (QED) is 0.715. The number of halogens is 1. The van der Waals surface area contributed by atoms with Crippen molar-refractivity contribution < 1.29 is 13.7 Å². The highest BCUT2D eigenvalue weighted by molar-refractivity contribution is 5.96. The van der Waals surface area contributed by atoms with Crippen LogP contribution in [0.2, 0.25) is 0 Å². The molecule has 1 fully saturated rings. The number of nitrogens with zero attached hydrogens (tertiary/aromatic N) is 3. The molecule has 1 atom stereocenters. The Morgan fingerprint density at radius 2 is 1.85 bits per heavy atom. The van der Waals surface area contributed by atoms with Gasteiger partial charge in [0.25, 0.3) is 5.89 Å². The monoisotopic (exact) mass is 351 g/mol. The number of aryl methyl sites for hydroxylation is 2. The van der Waals surface area contributed by atoms with Crippen LogP contribution in [0.5, 0.6) is 0 Å². The summed E-state index contributed by atoms with van der Waals surface area (Å²) in [5.41, 5.74) is 3.09. The predicted octanol–water partition coefficient (Wildman–Crippen LogP) is 4.01. The van der Waals surface area contributed by atoms with E-state index in [0.29, 0.717) is 23.9 Å². The average molecular weight is 351 g/mol. The van der Waals surface area contributed by atoms with Crippen molar-refractivity contribution in [3.8, 4) is 11.5 Å². The molecule has 4 rings (SSSR count). The fourth-order valence-corrected chi connectivity index (χ4v) is 3.16. The van der Waals surface area contributed by atoms with E-state index in [4.69, 9.17) is 4.52 Å². The molecule has 0 N–H and O–H groups in total. The molecule has 26 heavy (non-hydrogen) atoms. The number of aromatic nitrogens is 2. The average Bonchev–Trinajstić information content (AvgIpc) is 3.23. The molecule has 3 aromatic rings. The zero-order valence-electron chi connectivity index (χ0n) is 14.6. The normalized spacial score (nSPS) is 17.1. The molecular weight excluding hydrogens is 333 g/mol. The first-order valence-corrected chi connectivity index (χ1v) is 8.48. The molecule has 1 aromatic heterocycles. The lowest BCUT2D eigenvalue weighted by molar-refractivity contribution is -0.117. The maximum absolute atomic E-state index is 14.2. The number of anilines is 1. The van der Waals surface area contributed by atoms with E-state index in [1.807, 2.05) is 38.1 Å². The molecule has 2 heterocycles. The first kappa shape index (κ1) is 16.4. The molecule has 1 aliphatic rings. The Labute approximate surface area is 150 Å². The zero-order valence-corrected chi connectivity index (χ0v) is 14.6. The summed E-state index contributed by atoms with van der Waals surface area (Å²) in [5.74, 6) is 0.148. The Hall–Kier alpha value is -3.02. The van der Waals surface area contributed by atoms with Crippen molar-refractivity contribution in [3.05, 3.63) is 65.2 Å². The highest BCUT2D eigenvalue weighted by Crippen LogP contribution is 2.33. The van der Waals surface area contributed by atoms with Crippen LogP contribution >= 0.6 is 0 Å². The van der Waals surface area contributed by atoms with Gasteiger partial charge in [-0.2, -0.15) is 4.98 Å². The molecule has 0 saturated carbocycles. The van der Waals surface area contributed by atoms with Crippen LogP contribution in [0, 0.1) is 19.7 Å². The molecule has 0 radical (unpaired) electrons. The van der Waals surface area contributed by atoms with Crippen molar-refractivity contribution in [2.45, 2.75) is 26.2 Å². The highest BCUT2D eigenvalue weighted by Gasteiger charge is 2.35. The Morgan fingerprint density at radius 1 is 1.12 bits per heavy atom. The number of amides is 1. The number of benzene rings is 2. The van der Waals surface area contributed by atoms with Crippen LogP contribution in [0.25, 0.3) is 11.5 Å². The van der Waals surface area contributed by atoms with Gasteiger partial charge in [0, 0.05) is 24.4 Å². The number of hydrogen-bond donors (Lipinski definition) is 0. The van der Waals surface area contributed by atoms with Gasteiger partial charge in [0.15, 0.2) is 5.82 Å². The van der Waals surface area contributed by atoms with Crippen LogP contribution < -0.4 is 4.90 Å². The molecule has 1 saturated heterocycles. The van der Waals surface area contributed by atoms with Crippen LogP contribution in [-0.4, -0.2) is 22.6 Å². The summed E-state index contributed by atoms with van der Waals surface area (Å²) in [7, 11) is 0. The van der Waals surface area contributed by atoms with Gasteiger partial charge in [-0.05, 0) is 43.7 Å². The minimum absolute atomic E-state index is 0.139. The predicted molar refractivity (Wildman–Crippen MR) is 95.3 cm³/mol. The summed E-state index contributed by atoms with van der Waals surface area (Å²) in [5, 5.41) is 4.04. The molecular formula is C20H18FN3O2. The maximum Gasteiger partial charge on any atom is 0.257 e. The number of carbonyl (C=O) groups excluding carboxylic acids is 1. The summed E-state index contributed by atoms with van der Waals surface area (Å²) in [6.07, 6.45) is 0.236. The van der Waals surface area contributed by atoms with E-state index in [2.05, 4.69) is 10.1 Å². The molecule has 6 heteroatoms. The van der Waals surface area contributed by atoms with Gasteiger partial charge in [-0.15, -0.1) is 0 Å². The van der Waals surface area contributed by atoms with Crippen molar-refractivity contribution >= 4 is 11.6 Å². The Balaban J connectivity index is 1.56. The van der Waals surface area contributed by atoms with Gasteiger partial charge in [-0.25, -0.2) is 4.39 Å². The standard InChI is InChI=1S/C20H18FN3O2/c1-12-3-6-14(7-4-12)20-22-19(23-26-20)15-10-18(25)24(11-15)17-8-5-13(2)9-16(17)21/h3-9,15H,10-11H2,1-2H3. The second-order valence-corrected chi connectivity index (χ2v) is 6.68. The smallest absolute Gasteiger partial charge is 0.257 e. The van der Waals surface area contributed by atoms with E-state index in [9.17, 15) is 9.18 Å². The zero-order chi connectivity index (χ0) is 18.3. The van der Waals surface area contributed by atoms with E-state index in [1.165, 1.54) is 11.0 Å². The molecule has 0 aliphatic carbocycles. The molecule has 1 unspecified atom stereocenters. The molecule has 0 spiro atoms. The largest absolute Gasteiger partial charge is 0.334 e. The summed E-state index contributed by atoms with van der Waals surface area (Å²) in [4.78, 5) is 18.3. The van der Waals surface area contributed by atoms with Gasteiger partial charge in [-0.3, -0.25) is 4.79 Å². The summed E-state index contributed by atoms with van der Waals surface area (Å²) in [6, 6.07) is 12.6. The lowest BCUT2D eigenvalue weighted by Crippen LogP contribution is -2.25. The summed E-state index contributed by atoms with van der Waals surface area (Å²) in [6.45, 7) is 4.16. The van der Waals surface area contributed by atoms with Crippen LogP contribution in [0.3, 0.4) is 0 Å². The van der Waals surface area contributed by atoms with Gasteiger partial charge < -0.3 is 9.42 Å². The fourth-order valence-electron chi connectivity index (χ4n) is 3.16. The van der Waals surface area contributed by atoms with E-state index >= 15 is 0 Å². The van der Waals surface area contributed by atoms with Crippen molar-refractivity contribution in [1.82, 2.24) is 10.1 Å². The lowest BCUT2D eigenvalue weighted by Gasteiger charge is -2.17. The number of carbonyl (C=O) groups is 1. The number of rotatable bonds is 3. The molecule has 132 valence electrons. The second-order valence-electron chi connectivity index (χ2n) is 6.68. The van der Waals surface area contributed by atoms with Crippen LogP contribution in [0.15, 0.2) is 47.0 Å². The van der Waals surface area contributed by atoms with Gasteiger partial charge in [0.2, 0.25) is 5.91 Å². The Morgan fingerprint density at radius 3 is 2.58 bits per heavy atom. The van der Waals surface area contributed by atoms with Crippen molar-refractivity contribution in [2.24, 2.45) is 0 Å². The first-order valence-electron chi connectivity index (χ1n) is 8.48. The SMILES string of the molecule is Cc1ccc(-c2nc(C3CC(=O)N(c4ccc(C)cc4F)C3)no2)cc1. The Kier molecular flexibility index (Phi) is 4.03. The van der Waals surface area contributed by atoms with E-state index in [1.54, 1.807) is 12.1 Å². The van der Waals surface area contributed by atoms with Crippen molar-refractivity contribution in [3.63, 3.8) is 0 Å². The summed E-state index contributed by atoms with van der Waals surface area (Å²) < 4.78 is 19.6. The third-order valence-corrected chi connectivity index (χ3v) is 4.62. The molecule has 1 amide bonds. The Bertz CT molecular complexity index is 965.